The normalized spacial score (nSPS) is 11.4. The van der Waals surface area contributed by atoms with E-state index in [-0.39, 0.29) is 5.69 Å². The van der Waals surface area contributed by atoms with Crippen LogP contribution in [-0.2, 0) is 19.5 Å². The molecular formula is C26H33N7O. The van der Waals surface area contributed by atoms with Crippen LogP contribution in [0.15, 0.2) is 47.4 Å². The zero-order valence-electron chi connectivity index (χ0n) is 20.5. The molecule has 0 saturated heterocycles. The molecule has 1 aromatic carbocycles. The summed E-state index contributed by atoms with van der Waals surface area (Å²) in [6, 6.07) is 12.2. The Morgan fingerprint density at radius 1 is 1.09 bits per heavy atom. The molecule has 0 aliphatic carbocycles. The zero-order chi connectivity index (χ0) is 24.1. The van der Waals surface area contributed by atoms with Crippen LogP contribution in [0.25, 0.3) is 22.6 Å². The van der Waals surface area contributed by atoms with Crippen LogP contribution in [0.5, 0.6) is 0 Å². The highest BCUT2D eigenvalue weighted by Gasteiger charge is 2.17. The lowest BCUT2D eigenvalue weighted by atomic mass is 10.0. The molecule has 0 fully saturated rings. The molecular weight excluding hydrogens is 426 g/mol. The summed E-state index contributed by atoms with van der Waals surface area (Å²) < 4.78 is 3.93. The standard InChI is InChI=1S/C26H33N7O/c1-5-6-9-23-19(4)32(16-14-18(2)3)26(34)33(23)17-20-10-12-21(13-11-20)22-8-7-15-27-24(22)25-28-30-31-29-25/h7-8,10-13,15,18H,5-6,9,14,16-17H2,1-4H3,(H,28,29,30,31). The van der Waals surface area contributed by atoms with Crippen LogP contribution < -0.4 is 5.69 Å². The zero-order valence-corrected chi connectivity index (χ0v) is 20.5. The third kappa shape index (κ3) is 5.00. The molecule has 0 radical (unpaired) electrons. The van der Waals surface area contributed by atoms with Crippen molar-refractivity contribution >= 4 is 0 Å². The molecule has 1 N–H and O–H groups in total. The number of imidazole rings is 1. The lowest BCUT2D eigenvalue weighted by Gasteiger charge is -2.10. The van der Waals surface area contributed by atoms with Crippen molar-refractivity contribution in [2.24, 2.45) is 5.92 Å². The highest BCUT2D eigenvalue weighted by atomic mass is 16.1. The molecule has 178 valence electrons. The first-order valence-electron chi connectivity index (χ1n) is 12.1. The Labute approximate surface area is 200 Å². The van der Waals surface area contributed by atoms with Gasteiger partial charge in [-0.1, -0.05) is 57.5 Å². The fourth-order valence-corrected chi connectivity index (χ4v) is 4.29. The molecule has 0 saturated carbocycles. The molecule has 8 heteroatoms. The summed E-state index contributed by atoms with van der Waals surface area (Å²) in [6.45, 7) is 10.0. The SMILES string of the molecule is CCCCc1c(C)n(CCC(C)C)c(=O)n1Cc1ccc(-c2cccnc2-c2nnn[nH]2)cc1. The average molecular weight is 460 g/mol. The van der Waals surface area contributed by atoms with E-state index in [1.165, 1.54) is 0 Å². The summed E-state index contributed by atoms with van der Waals surface area (Å²) in [7, 11) is 0. The van der Waals surface area contributed by atoms with E-state index < -0.39 is 0 Å². The Balaban J connectivity index is 1.63. The summed E-state index contributed by atoms with van der Waals surface area (Å²) in [5.74, 6) is 1.09. The van der Waals surface area contributed by atoms with Gasteiger partial charge in [0.15, 0.2) is 5.82 Å². The molecule has 3 heterocycles. The summed E-state index contributed by atoms with van der Waals surface area (Å²) in [4.78, 5) is 17.8. The molecule has 0 atom stereocenters. The van der Waals surface area contributed by atoms with Gasteiger partial charge in [-0.05, 0) is 59.7 Å². The molecule has 0 spiro atoms. The quantitative estimate of drug-likeness (QED) is 0.373. The van der Waals surface area contributed by atoms with Gasteiger partial charge in [0.1, 0.15) is 5.69 Å². The van der Waals surface area contributed by atoms with Gasteiger partial charge in [-0.25, -0.2) is 9.89 Å². The molecule has 8 nitrogen and oxygen atoms in total. The van der Waals surface area contributed by atoms with Crippen LogP contribution in [0.2, 0.25) is 0 Å². The lowest BCUT2D eigenvalue weighted by Crippen LogP contribution is -2.26. The minimum Gasteiger partial charge on any atom is -0.296 e. The Bertz CT molecular complexity index is 1270. The number of tetrazole rings is 1. The summed E-state index contributed by atoms with van der Waals surface area (Å²) in [5, 5.41) is 14.1. The van der Waals surface area contributed by atoms with E-state index in [2.05, 4.69) is 77.6 Å². The van der Waals surface area contributed by atoms with Gasteiger partial charge < -0.3 is 0 Å². The van der Waals surface area contributed by atoms with Gasteiger partial charge in [0.2, 0.25) is 0 Å². The molecule has 0 amide bonds. The smallest absolute Gasteiger partial charge is 0.296 e. The van der Waals surface area contributed by atoms with Crippen molar-refractivity contribution in [3.05, 3.63) is 70.0 Å². The van der Waals surface area contributed by atoms with E-state index in [0.29, 0.717) is 24.0 Å². The molecule has 34 heavy (non-hydrogen) atoms. The van der Waals surface area contributed by atoms with Crippen LogP contribution in [0.4, 0.5) is 0 Å². The van der Waals surface area contributed by atoms with Crippen LogP contribution >= 0.6 is 0 Å². The predicted octanol–water partition coefficient (Wildman–Crippen LogP) is 4.64. The first-order chi connectivity index (χ1) is 16.5. The number of aromatic amines is 1. The number of aromatic nitrogens is 7. The van der Waals surface area contributed by atoms with Crippen LogP contribution in [0.3, 0.4) is 0 Å². The minimum atomic E-state index is 0.0979. The average Bonchev–Trinajstić information content (AvgIpc) is 3.45. The van der Waals surface area contributed by atoms with E-state index in [4.69, 9.17) is 0 Å². The third-order valence-corrected chi connectivity index (χ3v) is 6.29. The van der Waals surface area contributed by atoms with Crippen molar-refractivity contribution in [3.63, 3.8) is 0 Å². The highest BCUT2D eigenvalue weighted by Crippen LogP contribution is 2.28. The van der Waals surface area contributed by atoms with E-state index in [0.717, 1.165) is 60.3 Å². The maximum Gasteiger partial charge on any atom is 0.328 e. The summed E-state index contributed by atoms with van der Waals surface area (Å²) in [6.07, 6.45) is 5.84. The Morgan fingerprint density at radius 3 is 2.56 bits per heavy atom. The number of benzene rings is 1. The highest BCUT2D eigenvalue weighted by molar-refractivity contribution is 5.77. The van der Waals surface area contributed by atoms with Crippen molar-refractivity contribution < 1.29 is 0 Å². The number of rotatable bonds is 10. The first kappa shape index (κ1) is 23.6. The van der Waals surface area contributed by atoms with Crippen LogP contribution in [0, 0.1) is 12.8 Å². The molecule has 0 aliphatic rings. The molecule has 3 aromatic heterocycles. The third-order valence-electron chi connectivity index (χ3n) is 6.29. The minimum absolute atomic E-state index is 0.0979. The first-order valence-corrected chi connectivity index (χ1v) is 12.1. The Kier molecular flexibility index (Phi) is 7.35. The second-order valence-electron chi connectivity index (χ2n) is 9.18. The number of hydrogen-bond donors (Lipinski definition) is 1. The number of nitrogens with zero attached hydrogens (tertiary/aromatic N) is 6. The van der Waals surface area contributed by atoms with Gasteiger partial charge in [0, 0.05) is 29.7 Å². The fraction of sp³-hybridized carbons (Fsp3) is 0.423. The van der Waals surface area contributed by atoms with E-state index in [1.807, 2.05) is 21.3 Å². The molecule has 0 aliphatic heterocycles. The maximum atomic E-state index is 13.4. The molecule has 0 unspecified atom stereocenters. The molecule has 0 bridgehead atoms. The Morgan fingerprint density at radius 2 is 1.88 bits per heavy atom. The largest absolute Gasteiger partial charge is 0.328 e. The fourth-order valence-electron chi connectivity index (χ4n) is 4.29. The van der Waals surface area contributed by atoms with Gasteiger partial charge in [-0.3, -0.25) is 14.1 Å². The number of hydrogen-bond acceptors (Lipinski definition) is 5. The maximum absolute atomic E-state index is 13.4. The second kappa shape index (κ2) is 10.6. The van der Waals surface area contributed by atoms with Crippen molar-refractivity contribution in [2.75, 3.05) is 0 Å². The van der Waals surface area contributed by atoms with Crippen LogP contribution in [-0.4, -0.2) is 34.7 Å². The second-order valence-corrected chi connectivity index (χ2v) is 9.18. The lowest BCUT2D eigenvalue weighted by molar-refractivity contribution is 0.498. The van der Waals surface area contributed by atoms with Gasteiger partial charge in [0.05, 0.1) is 6.54 Å². The van der Waals surface area contributed by atoms with E-state index in [1.54, 1.807) is 6.20 Å². The van der Waals surface area contributed by atoms with Crippen LogP contribution in [0.1, 0.15) is 57.0 Å². The van der Waals surface area contributed by atoms with E-state index in [9.17, 15) is 4.79 Å². The van der Waals surface area contributed by atoms with Crippen molar-refractivity contribution in [1.82, 2.24) is 34.7 Å². The predicted molar refractivity (Wildman–Crippen MR) is 133 cm³/mol. The topological polar surface area (TPSA) is 94.3 Å². The molecule has 4 rings (SSSR count). The van der Waals surface area contributed by atoms with Gasteiger partial charge >= 0.3 is 5.69 Å². The summed E-state index contributed by atoms with van der Waals surface area (Å²) in [5.41, 5.74) is 6.13. The number of pyridine rings is 1. The van der Waals surface area contributed by atoms with Crippen molar-refractivity contribution in [1.29, 1.82) is 0 Å². The van der Waals surface area contributed by atoms with Gasteiger partial charge in [-0.2, -0.15) is 0 Å². The monoisotopic (exact) mass is 459 g/mol. The number of H-pyrrole nitrogens is 1. The molecule has 4 aromatic rings. The van der Waals surface area contributed by atoms with Crippen molar-refractivity contribution in [3.8, 4) is 22.6 Å². The number of unbranched alkanes of at least 4 members (excludes halogenated alkanes) is 1. The Hall–Kier alpha value is -3.55. The van der Waals surface area contributed by atoms with Gasteiger partial charge in [-0.15, -0.1) is 5.10 Å². The summed E-state index contributed by atoms with van der Waals surface area (Å²) >= 11 is 0. The number of nitrogens with one attached hydrogen (secondary N) is 1. The van der Waals surface area contributed by atoms with Crippen molar-refractivity contribution in [2.45, 2.75) is 66.5 Å². The van der Waals surface area contributed by atoms with Gasteiger partial charge in [0.25, 0.3) is 0 Å². The van der Waals surface area contributed by atoms with E-state index >= 15 is 0 Å².